The van der Waals surface area contributed by atoms with Crippen LogP contribution < -0.4 is 20.9 Å². The van der Waals surface area contributed by atoms with Crippen LogP contribution in [0.25, 0.3) is 0 Å². The van der Waals surface area contributed by atoms with Gasteiger partial charge in [0, 0.05) is 12.1 Å². The molecule has 1 aromatic carbocycles. The van der Waals surface area contributed by atoms with E-state index in [2.05, 4.69) is 5.32 Å². The SMILES string of the molecule is COc1c(F)cc(CC(=O)NC2C3CCCC2CC(N)C3)cc1S(N)(=O)=O.Cl. The first kappa shape index (κ1) is 22.9. The van der Waals surface area contributed by atoms with Crippen LogP contribution in [0.5, 0.6) is 5.75 Å². The van der Waals surface area contributed by atoms with E-state index in [0.29, 0.717) is 11.8 Å². The number of nitrogens with one attached hydrogen (secondary N) is 1. The van der Waals surface area contributed by atoms with Gasteiger partial charge in [0.05, 0.1) is 13.5 Å². The molecule has 2 fully saturated rings. The molecule has 2 aliphatic carbocycles. The average molecular weight is 436 g/mol. The molecule has 2 atom stereocenters. The van der Waals surface area contributed by atoms with Crippen LogP contribution in [0.2, 0.25) is 0 Å². The van der Waals surface area contributed by atoms with Gasteiger partial charge < -0.3 is 15.8 Å². The molecular weight excluding hydrogens is 409 g/mol. The lowest BCUT2D eigenvalue weighted by Gasteiger charge is -2.45. The second kappa shape index (κ2) is 8.94. The molecule has 2 aliphatic rings. The van der Waals surface area contributed by atoms with Crippen LogP contribution in [0, 0.1) is 17.7 Å². The molecule has 2 unspecified atom stereocenters. The Hall–Kier alpha value is -1.42. The number of rotatable bonds is 5. The number of amides is 1. The minimum Gasteiger partial charge on any atom is -0.492 e. The van der Waals surface area contributed by atoms with Crippen molar-refractivity contribution in [1.29, 1.82) is 0 Å². The van der Waals surface area contributed by atoms with Crippen LogP contribution in [-0.4, -0.2) is 33.5 Å². The lowest BCUT2D eigenvalue weighted by molar-refractivity contribution is -0.122. The van der Waals surface area contributed by atoms with Crippen molar-refractivity contribution in [1.82, 2.24) is 5.32 Å². The summed E-state index contributed by atoms with van der Waals surface area (Å²) < 4.78 is 42.4. The first-order valence-corrected chi connectivity index (χ1v) is 10.7. The standard InChI is InChI=1S/C18H26FN3O4S.ClH/c1-26-18-14(19)5-10(6-15(18)27(21,24)25)7-16(23)22-17-11-3-2-4-12(17)9-13(20)8-11;/h5-6,11-13,17H,2-4,7-9,20H2,1H3,(H,22,23)(H2,21,24,25);1H. The van der Waals surface area contributed by atoms with Gasteiger partial charge in [-0.1, -0.05) is 6.42 Å². The molecule has 0 spiro atoms. The van der Waals surface area contributed by atoms with Gasteiger partial charge in [-0.05, 0) is 55.2 Å². The van der Waals surface area contributed by atoms with Crippen molar-refractivity contribution in [3.05, 3.63) is 23.5 Å². The summed E-state index contributed by atoms with van der Waals surface area (Å²) in [5.74, 6) is -0.852. The molecule has 0 aromatic heterocycles. The lowest BCUT2D eigenvalue weighted by atomic mass is 9.67. The normalized spacial score (nSPS) is 26.9. The Labute approximate surface area is 170 Å². The molecule has 28 heavy (non-hydrogen) atoms. The largest absolute Gasteiger partial charge is 0.492 e. The Balaban J connectivity index is 0.00000280. The molecule has 5 N–H and O–H groups in total. The van der Waals surface area contributed by atoms with Crippen molar-refractivity contribution < 1.29 is 22.3 Å². The second-order valence-electron chi connectivity index (χ2n) is 7.61. The number of benzene rings is 1. The third kappa shape index (κ3) is 4.94. The smallest absolute Gasteiger partial charge is 0.241 e. The molecule has 0 heterocycles. The first-order chi connectivity index (χ1) is 12.7. The first-order valence-electron chi connectivity index (χ1n) is 9.13. The van der Waals surface area contributed by atoms with Crippen molar-refractivity contribution in [2.45, 2.75) is 55.5 Å². The maximum atomic E-state index is 14.2. The summed E-state index contributed by atoms with van der Waals surface area (Å²) in [6, 6.07) is 2.55. The number of nitrogens with two attached hydrogens (primary N) is 2. The predicted octanol–water partition coefficient (Wildman–Crippen LogP) is 1.47. The van der Waals surface area contributed by atoms with Crippen LogP contribution in [0.3, 0.4) is 0 Å². The Kier molecular flexibility index (Phi) is 7.30. The molecule has 3 rings (SSSR count). The molecule has 10 heteroatoms. The van der Waals surface area contributed by atoms with Gasteiger partial charge in [0.15, 0.2) is 11.6 Å². The topological polar surface area (TPSA) is 125 Å². The molecule has 158 valence electrons. The van der Waals surface area contributed by atoms with E-state index in [-0.39, 0.29) is 42.4 Å². The summed E-state index contributed by atoms with van der Waals surface area (Å²) in [7, 11) is -3.02. The maximum Gasteiger partial charge on any atom is 0.241 e. The van der Waals surface area contributed by atoms with Crippen LogP contribution in [0.15, 0.2) is 17.0 Å². The molecule has 2 saturated carbocycles. The number of hydrogen-bond acceptors (Lipinski definition) is 5. The van der Waals surface area contributed by atoms with Crippen LogP contribution in [0.1, 0.15) is 37.7 Å². The fourth-order valence-electron chi connectivity index (χ4n) is 4.58. The summed E-state index contributed by atoms with van der Waals surface area (Å²) in [5, 5.41) is 8.21. The second-order valence-corrected chi connectivity index (χ2v) is 9.14. The van der Waals surface area contributed by atoms with Gasteiger partial charge >= 0.3 is 0 Å². The van der Waals surface area contributed by atoms with Gasteiger partial charge in [-0.15, -0.1) is 12.4 Å². The van der Waals surface area contributed by atoms with Gasteiger partial charge in [0.25, 0.3) is 0 Å². The fraction of sp³-hybridized carbons (Fsp3) is 0.611. The van der Waals surface area contributed by atoms with Crippen molar-refractivity contribution >= 4 is 28.3 Å². The van der Waals surface area contributed by atoms with E-state index in [1.807, 2.05) is 0 Å². The molecular formula is C18H27ClFN3O4S. The van der Waals surface area contributed by atoms with Crippen LogP contribution in [0.4, 0.5) is 4.39 Å². The van der Waals surface area contributed by atoms with Crippen molar-refractivity contribution in [2.75, 3.05) is 7.11 Å². The Morgan fingerprint density at radius 2 is 1.89 bits per heavy atom. The highest BCUT2D eigenvalue weighted by atomic mass is 35.5. The van der Waals surface area contributed by atoms with Crippen LogP contribution >= 0.6 is 12.4 Å². The number of halogens is 2. The minimum absolute atomic E-state index is 0. The fourth-order valence-corrected chi connectivity index (χ4v) is 5.34. The number of primary sulfonamides is 1. The average Bonchev–Trinajstić information content (AvgIpc) is 2.54. The quantitative estimate of drug-likeness (QED) is 0.645. The van der Waals surface area contributed by atoms with E-state index in [9.17, 15) is 17.6 Å². The van der Waals surface area contributed by atoms with E-state index in [0.717, 1.165) is 45.3 Å². The molecule has 0 saturated heterocycles. The molecule has 7 nitrogen and oxygen atoms in total. The summed E-state index contributed by atoms with van der Waals surface area (Å²) in [6.07, 6.45) is 4.90. The van der Waals surface area contributed by atoms with E-state index in [1.54, 1.807) is 0 Å². The lowest BCUT2D eigenvalue weighted by Crippen LogP contribution is -2.54. The number of fused-ring (bicyclic) bond motifs is 2. The molecule has 1 amide bonds. The number of ether oxygens (including phenoxy) is 1. The third-order valence-corrected chi connectivity index (χ3v) is 6.57. The summed E-state index contributed by atoms with van der Waals surface area (Å²) in [6.45, 7) is 0. The monoisotopic (exact) mass is 435 g/mol. The zero-order chi connectivity index (χ0) is 19.8. The minimum atomic E-state index is -4.18. The van der Waals surface area contributed by atoms with Gasteiger partial charge in [-0.2, -0.15) is 0 Å². The summed E-state index contributed by atoms with van der Waals surface area (Å²) in [4.78, 5) is 12.1. The van der Waals surface area contributed by atoms with Crippen molar-refractivity contribution in [3.63, 3.8) is 0 Å². The van der Waals surface area contributed by atoms with Gasteiger partial charge in [0.1, 0.15) is 4.90 Å². The Bertz CT molecular complexity index is 822. The number of carbonyl (C=O) groups is 1. The number of sulfonamides is 1. The number of hydrogen-bond donors (Lipinski definition) is 3. The number of methoxy groups -OCH3 is 1. The zero-order valence-electron chi connectivity index (χ0n) is 15.7. The maximum absolute atomic E-state index is 14.2. The predicted molar refractivity (Wildman–Crippen MR) is 105 cm³/mol. The Morgan fingerprint density at radius 1 is 1.29 bits per heavy atom. The van der Waals surface area contributed by atoms with E-state index in [1.165, 1.54) is 6.07 Å². The Morgan fingerprint density at radius 3 is 2.43 bits per heavy atom. The zero-order valence-corrected chi connectivity index (χ0v) is 17.3. The highest BCUT2D eigenvalue weighted by Crippen LogP contribution is 2.39. The molecule has 1 aromatic rings. The van der Waals surface area contributed by atoms with Crippen molar-refractivity contribution in [3.8, 4) is 5.75 Å². The van der Waals surface area contributed by atoms with Gasteiger partial charge in [-0.25, -0.2) is 17.9 Å². The van der Waals surface area contributed by atoms with E-state index in [4.69, 9.17) is 15.6 Å². The van der Waals surface area contributed by atoms with Gasteiger partial charge in [-0.3, -0.25) is 4.79 Å². The summed E-state index contributed by atoms with van der Waals surface area (Å²) in [5.41, 5.74) is 6.34. The summed E-state index contributed by atoms with van der Waals surface area (Å²) >= 11 is 0. The van der Waals surface area contributed by atoms with Crippen LogP contribution in [-0.2, 0) is 21.2 Å². The van der Waals surface area contributed by atoms with Gasteiger partial charge in [0.2, 0.25) is 15.9 Å². The number of carbonyl (C=O) groups excluding carboxylic acids is 1. The molecule has 2 bridgehead atoms. The highest BCUT2D eigenvalue weighted by molar-refractivity contribution is 7.89. The molecule has 0 aliphatic heterocycles. The van der Waals surface area contributed by atoms with Crippen molar-refractivity contribution in [2.24, 2.45) is 22.7 Å². The highest BCUT2D eigenvalue weighted by Gasteiger charge is 2.39. The third-order valence-electron chi connectivity index (χ3n) is 5.65. The van der Waals surface area contributed by atoms with E-state index >= 15 is 0 Å². The molecule has 0 radical (unpaired) electrons. The van der Waals surface area contributed by atoms with E-state index < -0.39 is 26.5 Å².